The number of hydrogen-bond acceptors (Lipinski definition) is 4. The molecule has 1 saturated heterocycles. The van der Waals surface area contributed by atoms with Gasteiger partial charge in [-0.1, -0.05) is 0 Å². The lowest BCUT2D eigenvalue weighted by molar-refractivity contribution is -0.104. The lowest BCUT2D eigenvalue weighted by atomic mass is 10.1. The first-order chi connectivity index (χ1) is 7.18. The van der Waals surface area contributed by atoms with Gasteiger partial charge in [-0.05, 0) is 6.92 Å². The van der Waals surface area contributed by atoms with E-state index in [2.05, 4.69) is 9.97 Å². The predicted molar refractivity (Wildman–Crippen MR) is 49.9 cm³/mol. The van der Waals surface area contributed by atoms with Gasteiger partial charge in [0.25, 0.3) is 0 Å². The monoisotopic (exact) mass is 209 g/mol. The number of nitrogens with zero attached hydrogens (tertiary/aromatic N) is 3. The van der Waals surface area contributed by atoms with E-state index in [1.165, 1.54) is 0 Å². The van der Waals surface area contributed by atoms with E-state index in [1.54, 1.807) is 12.4 Å². The van der Waals surface area contributed by atoms with Crippen molar-refractivity contribution >= 4 is 6.09 Å². The van der Waals surface area contributed by atoms with Crippen molar-refractivity contribution in [2.24, 2.45) is 0 Å². The highest BCUT2D eigenvalue weighted by atomic mass is 16.7. The molecule has 0 aromatic carbocycles. The maximum absolute atomic E-state index is 10.8. The molecule has 1 fully saturated rings. The van der Waals surface area contributed by atoms with E-state index < -0.39 is 6.09 Å². The summed E-state index contributed by atoms with van der Waals surface area (Å²) in [6.07, 6.45) is 2.72. The van der Waals surface area contributed by atoms with Crippen molar-refractivity contribution in [1.82, 2.24) is 15.0 Å². The first-order valence-corrected chi connectivity index (χ1v) is 4.62. The highest BCUT2D eigenvalue weighted by Gasteiger charge is 2.32. The minimum Gasteiger partial charge on any atom is -0.463 e. The van der Waals surface area contributed by atoms with Gasteiger partial charge in [0.1, 0.15) is 6.04 Å². The summed E-state index contributed by atoms with van der Waals surface area (Å²) in [7, 11) is 0. The van der Waals surface area contributed by atoms with E-state index in [0.29, 0.717) is 18.7 Å². The molecule has 2 rings (SSSR count). The third-order valence-corrected chi connectivity index (χ3v) is 2.24. The van der Waals surface area contributed by atoms with Gasteiger partial charge in [0.15, 0.2) is 0 Å². The van der Waals surface area contributed by atoms with Crippen LogP contribution in [0.1, 0.15) is 23.9 Å². The van der Waals surface area contributed by atoms with Crippen LogP contribution in [0.5, 0.6) is 0 Å². The van der Waals surface area contributed by atoms with Gasteiger partial charge in [0, 0.05) is 12.6 Å². The van der Waals surface area contributed by atoms with Crippen LogP contribution in [0.2, 0.25) is 0 Å². The van der Waals surface area contributed by atoms with Crippen LogP contribution in [0.25, 0.3) is 0 Å². The largest absolute Gasteiger partial charge is 0.463 e. The minimum absolute atomic E-state index is 0.337. The fourth-order valence-corrected chi connectivity index (χ4v) is 1.50. The summed E-state index contributed by atoms with van der Waals surface area (Å²) < 4.78 is 0. The van der Waals surface area contributed by atoms with E-state index in [9.17, 15) is 4.79 Å². The predicted octanol–water partition coefficient (Wildman–Crippen LogP) is 1.14. The first-order valence-electron chi connectivity index (χ1n) is 4.62. The van der Waals surface area contributed by atoms with Crippen molar-refractivity contribution < 1.29 is 14.7 Å². The van der Waals surface area contributed by atoms with Crippen LogP contribution in [0.3, 0.4) is 0 Å². The van der Waals surface area contributed by atoms with Gasteiger partial charge in [-0.3, -0.25) is 14.8 Å². The van der Waals surface area contributed by atoms with Crippen LogP contribution in [0.4, 0.5) is 4.79 Å². The summed E-state index contributed by atoms with van der Waals surface area (Å²) >= 11 is 0. The molecule has 0 aliphatic carbocycles. The van der Waals surface area contributed by atoms with Gasteiger partial charge >= 0.3 is 6.09 Å². The molecule has 0 bridgehead atoms. The molecule has 15 heavy (non-hydrogen) atoms. The Morgan fingerprint density at radius 3 is 3.00 bits per heavy atom. The van der Waals surface area contributed by atoms with Crippen LogP contribution in [-0.4, -0.2) is 32.8 Å². The summed E-state index contributed by atoms with van der Waals surface area (Å²) in [6, 6.07) is -0.337. The van der Waals surface area contributed by atoms with Crippen LogP contribution < -0.4 is 0 Å². The number of amides is 1. The van der Waals surface area contributed by atoms with Crippen molar-refractivity contribution in [1.29, 1.82) is 0 Å². The van der Waals surface area contributed by atoms with Crippen molar-refractivity contribution in [2.45, 2.75) is 19.4 Å². The molecule has 1 aromatic rings. The summed E-state index contributed by atoms with van der Waals surface area (Å²) in [6.45, 7) is 2.23. The first kappa shape index (κ1) is 9.85. The van der Waals surface area contributed by atoms with Gasteiger partial charge in [-0.25, -0.2) is 4.79 Å². The van der Waals surface area contributed by atoms with Crippen molar-refractivity contribution in [2.75, 3.05) is 6.61 Å². The van der Waals surface area contributed by atoms with E-state index in [4.69, 9.17) is 9.94 Å². The standard InChI is InChI=1S/C9H11N3O3/c1-6-4-11-7(5-10-6)8-2-3-15-12(8)9(13)14/h4-5,8H,2-3H2,1H3,(H,13,14)/t8-/m0/s1. The fourth-order valence-electron chi connectivity index (χ4n) is 1.50. The normalized spacial score (nSPS) is 20.6. The van der Waals surface area contributed by atoms with Crippen LogP contribution in [-0.2, 0) is 4.84 Å². The molecule has 1 aromatic heterocycles. The molecule has 0 radical (unpaired) electrons. The highest BCUT2D eigenvalue weighted by Crippen LogP contribution is 2.28. The molecule has 1 atom stereocenters. The lowest BCUT2D eigenvalue weighted by Gasteiger charge is -2.17. The van der Waals surface area contributed by atoms with Crippen LogP contribution >= 0.6 is 0 Å². The summed E-state index contributed by atoms with van der Waals surface area (Å²) in [5.74, 6) is 0. The number of carboxylic acid groups (broad SMARTS) is 1. The van der Waals surface area contributed by atoms with Crippen molar-refractivity contribution in [3.05, 3.63) is 23.8 Å². The molecule has 80 valence electrons. The smallest absolute Gasteiger partial charge is 0.432 e. The number of hydrogen-bond donors (Lipinski definition) is 1. The Morgan fingerprint density at radius 2 is 2.40 bits per heavy atom. The van der Waals surface area contributed by atoms with Gasteiger partial charge in [0.05, 0.1) is 24.2 Å². The van der Waals surface area contributed by atoms with Crippen LogP contribution in [0, 0.1) is 6.92 Å². The topological polar surface area (TPSA) is 75.5 Å². The summed E-state index contributed by atoms with van der Waals surface area (Å²) in [4.78, 5) is 24.0. The van der Waals surface area contributed by atoms with Crippen molar-refractivity contribution in [3.8, 4) is 0 Å². The van der Waals surface area contributed by atoms with E-state index in [0.717, 1.165) is 10.8 Å². The number of carbonyl (C=O) groups is 1. The van der Waals surface area contributed by atoms with Gasteiger partial charge < -0.3 is 5.11 Å². The lowest BCUT2D eigenvalue weighted by Crippen LogP contribution is -2.28. The second-order valence-corrected chi connectivity index (χ2v) is 3.33. The van der Waals surface area contributed by atoms with Gasteiger partial charge in [-0.15, -0.1) is 0 Å². The quantitative estimate of drug-likeness (QED) is 0.750. The second kappa shape index (κ2) is 3.82. The molecule has 1 amide bonds. The molecule has 2 heterocycles. The Morgan fingerprint density at radius 1 is 1.60 bits per heavy atom. The second-order valence-electron chi connectivity index (χ2n) is 3.33. The van der Waals surface area contributed by atoms with Gasteiger partial charge in [-0.2, -0.15) is 5.06 Å². The molecule has 1 N–H and O–H groups in total. The highest BCUT2D eigenvalue weighted by molar-refractivity contribution is 5.64. The van der Waals surface area contributed by atoms with Gasteiger partial charge in [0.2, 0.25) is 0 Å². The molecule has 0 unspecified atom stereocenters. The molecule has 1 aliphatic heterocycles. The third kappa shape index (κ3) is 1.89. The Labute approximate surface area is 86.5 Å². The Balaban J connectivity index is 2.22. The number of rotatable bonds is 1. The van der Waals surface area contributed by atoms with E-state index in [1.807, 2.05) is 6.92 Å². The third-order valence-electron chi connectivity index (χ3n) is 2.24. The summed E-state index contributed by atoms with van der Waals surface area (Å²) in [5.41, 5.74) is 1.43. The average molecular weight is 209 g/mol. The Hall–Kier alpha value is -1.69. The SMILES string of the molecule is Cc1cnc([C@@H]2CCON2C(=O)O)cn1. The zero-order valence-corrected chi connectivity index (χ0v) is 8.25. The molecule has 0 saturated carbocycles. The summed E-state index contributed by atoms with van der Waals surface area (Å²) in [5, 5.41) is 9.78. The molecule has 6 nitrogen and oxygen atoms in total. The van der Waals surface area contributed by atoms with Crippen LogP contribution in [0.15, 0.2) is 12.4 Å². The molecule has 1 aliphatic rings. The Kier molecular flexibility index (Phi) is 2.51. The van der Waals surface area contributed by atoms with E-state index in [-0.39, 0.29) is 6.04 Å². The number of aromatic nitrogens is 2. The number of aryl methyl sites for hydroxylation is 1. The van der Waals surface area contributed by atoms with Crippen molar-refractivity contribution in [3.63, 3.8) is 0 Å². The zero-order valence-electron chi connectivity index (χ0n) is 8.25. The molecule has 0 spiro atoms. The average Bonchev–Trinajstić information content (AvgIpc) is 2.67. The number of hydroxylamine groups is 2. The fraction of sp³-hybridized carbons (Fsp3) is 0.444. The Bertz CT molecular complexity index is 365. The molecular weight excluding hydrogens is 198 g/mol. The maximum atomic E-state index is 10.8. The van der Waals surface area contributed by atoms with E-state index >= 15 is 0 Å². The molecular formula is C9H11N3O3. The minimum atomic E-state index is -1.10. The zero-order chi connectivity index (χ0) is 10.8. The maximum Gasteiger partial charge on any atom is 0.432 e. The molecule has 6 heteroatoms.